The van der Waals surface area contributed by atoms with E-state index < -0.39 is 4.92 Å². The van der Waals surface area contributed by atoms with Crippen molar-refractivity contribution in [2.24, 2.45) is 0 Å². The molecule has 2 aromatic rings. The second-order valence-electron chi connectivity index (χ2n) is 4.66. The maximum absolute atomic E-state index is 12.9. The Morgan fingerprint density at radius 1 is 1.13 bits per heavy atom. The van der Waals surface area contributed by atoms with Gasteiger partial charge in [0.15, 0.2) is 11.5 Å². The average molecular weight is 317 g/mol. The normalized spacial score (nSPS) is 10.7. The van der Waals surface area contributed by atoms with Gasteiger partial charge in [-0.1, -0.05) is 18.2 Å². The SMILES string of the molecule is CCOc1cc(C=C[N+](=O)[O-])ccc1OCc1ccc(F)cc1. The lowest BCUT2D eigenvalue weighted by molar-refractivity contribution is -0.400. The van der Waals surface area contributed by atoms with Gasteiger partial charge in [0.2, 0.25) is 6.20 Å². The smallest absolute Gasteiger partial charge is 0.235 e. The van der Waals surface area contributed by atoms with E-state index in [1.165, 1.54) is 18.2 Å². The summed E-state index contributed by atoms with van der Waals surface area (Å²) in [5.74, 6) is 0.722. The Labute approximate surface area is 133 Å². The van der Waals surface area contributed by atoms with E-state index >= 15 is 0 Å². The molecule has 0 aliphatic rings. The highest BCUT2D eigenvalue weighted by molar-refractivity contribution is 5.55. The highest BCUT2D eigenvalue weighted by atomic mass is 19.1. The zero-order valence-corrected chi connectivity index (χ0v) is 12.6. The molecule has 5 nitrogen and oxygen atoms in total. The molecule has 0 atom stereocenters. The van der Waals surface area contributed by atoms with Gasteiger partial charge in [-0.25, -0.2) is 4.39 Å². The zero-order chi connectivity index (χ0) is 16.7. The van der Waals surface area contributed by atoms with Crippen molar-refractivity contribution >= 4 is 6.08 Å². The number of hydrogen-bond donors (Lipinski definition) is 0. The van der Waals surface area contributed by atoms with Gasteiger partial charge in [0.05, 0.1) is 11.5 Å². The van der Waals surface area contributed by atoms with Crippen LogP contribution in [-0.4, -0.2) is 11.5 Å². The van der Waals surface area contributed by atoms with E-state index in [0.717, 1.165) is 11.8 Å². The van der Waals surface area contributed by atoms with Crippen LogP contribution in [0.3, 0.4) is 0 Å². The molecule has 120 valence electrons. The predicted octanol–water partition coefficient (Wildman–Crippen LogP) is 4.05. The van der Waals surface area contributed by atoms with E-state index in [1.807, 2.05) is 6.92 Å². The number of hydrogen-bond acceptors (Lipinski definition) is 4. The van der Waals surface area contributed by atoms with Gasteiger partial charge in [-0.15, -0.1) is 0 Å². The molecule has 6 heteroatoms. The maximum atomic E-state index is 12.9. The summed E-state index contributed by atoms with van der Waals surface area (Å²) in [6.07, 6.45) is 2.25. The Balaban J connectivity index is 2.13. The number of nitro groups is 1. The summed E-state index contributed by atoms with van der Waals surface area (Å²) in [7, 11) is 0. The van der Waals surface area contributed by atoms with Gasteiger partial charge >= 0.3 is 0 Å². The fraction of sp³-hybridized carbons (Fsp3) is 0.176. The van der Waals surface area contributed by atoms with Crippen molar-refractivity contribution in [2.75, 3.05) is 6.61 Å². The van der Waals surface area contributed by atoms with Crippen molar-refractivity contribution < 1.29 is 18.8 Å². The third-order valence-corrected chi connectivity index (χ3v) is 2.96. The quantitative estimate of drug-likeness (QED) is 0.571. The molecule has 0 aliphatic carbocycles. The van der Waals surface area contributed by atoms with Crippen LogP contribution < -0.4 is 9.47 Å². The molecule has 0 saturated heterocycles. The number of halogens is 1. The van der Waals surface area contributed by atoms with Crippen LogP contribution >= 0.6 is 0 Å². The molecular formula is C17H16FNO4. The van der Waals surface area contributed by atoms with E-state index in [2.05, 4.69) is 0 Å². The number of benzene rings is 2. The first-order valence-electron chi connectivity index (χ1n) is 7.04. The van der Waals surface area contributed by atoms with Crippen LogP contribution in [-0.2, 0) is 6.61 Å². The molecule has 23 heavy (non-hydrogen) atoms. The van der Waals surface area contributed by atoms with Gasteiger partial charge in [-0.2, -0.15) is 0 Å². The molecule has 0 N–H and O–H groups in total. The lowest BCUT2D eigenvalue weighted by atomic mass is 10.2. The molecule has 0 aliphatic heterocycles. The highest BCUT2D eigenvalue weighted by Crippen LogP contribution is 2.29. The van der Waals surface area contributed by atoms with E-state index in [0.29, 0.717) is 23.7 Å². The number of rotatable bonds is 7. The maximum Gasteiger partial charge on any atom is 0.235 e. The van der Waals surface area contributed by atoms with Crippen LogP contribution in [0, 0.1) is 15.9 Å². The Bertz CT molecular complexity index is 698. The summed E-state index contributed by atoms with van der Waals surface area (Å²) in [6, 6.07) is 11.1. The minimum atomic E-state index is -0.528. The zero-order valence-electron chi connectivity index (χ0n) is 12.6. The highest BCUT2D eigenvalue weighted by Gasteiger charge is 2.07. The Hall–Kier alpha value is -2.89. The standard InChI is InChI=1S/C17H16FNO4/c1-2-22-17-11-13(9-10-19(20)21)5-8-16(17)23-12-14-3-6-15(18)7-4-14/h3-11H,2,12H2,1H3. The van der Waals surface area contributed by atoms with Crippen molar-refractivity contribution in [3.8, 4) is 11.5 Å². The molecule has 2 rings (SSSR count). The molecule has 0 heterocycles. The first-order chi connectivity index (χ1) is 11.1. The molecule has 0 fully saturated rings. The number of ether oxygens (including phenoxy) is 2. The predicted molar refractivity (Wildman–Crippen MR) is 84.4 cm³/mol. The summed E-state index contributed by atoms with van der Waals surface area (Å²) >= 11 is 0. The van der Waals surface area contributed by atoms with Crippen LogP contribution in [0.4, 0.5) is 4.39 Å². The topological polar surface area (TPSA) is 61.6 Å². The van der Waals surface area contributed by atoms with Crippen LogP contribution in [0.1, 0.15) is 18.1 Å². The van der Waals surface area contributed by atoms with E-state index in [4.69, 9.17) is 9.47 Å². The second-order valence-corrected chi connectivity index (χ2v) is 4.66. The lowest BCUT2D eigenvalue weighted by Gasteiger charge is -2.12. The van der Waals surface area contributed by atoms with Gasteiger partial charge < -0.3 is 9.47 Å². The minimum Gasteiger partial charge on any atom is -0.490 e. The average Bonchev–Trinajstić information content (AvgIpc) is 2.54. The van der Waals surface area contributed by atoms with E-state index in [9.17, 15) is 14.5 Å². The van der Waals surface area contributed by atoms with Crippen molar-refractivity contribution in [2.45, 2.75) is 13.5 Å². The minimum absolute atomic E-state index is 0.268. The van der Waals surface area contributed by atoms with Gasteiger partial charge in [0, 0.05) is 6.08 Å². The Morgan fingerprint density at radius 2 is 1.87 bits per heavy atom. The molecule has 0 spiro atoms. The molecule has 0 saturated carbocycles. The van der Waals surface area contributed by atoms with Crippen LogP contribution in [0.2, 0.25) is 0 Å². The summed E-state index contributed by atoms with van der Waals surface area (Å²) in [5, 5.41) is 10.4. The summed E-state index contributed by atoms with van der Waals surface area (Å²) in [4.78, 5) is 9.84. The largest absolute Gasteiger partial charge is 0.490 e. The fourth-order valence-electron chi connectivity index (χ4n) is 1.90. The van der Waals surface area contributed by atoms with Gasteiger partial charge in [-0.05, 0) is 42.3 Å². The summed E-state index contributed by atoms with van der Waals surface area (Å²) < 4.78 is 24.1. The van der Waals surface area contributed by atoms with Crippen LogP contribution in [0.25, 0.3) is 6.08 Å². The first-order valence-corrected chi connectivity index (χ1v) is 7.04. The lowest BCUT2D eigenvalue weighted by Crippen LogP contribution is -2.00. The van der Waals surface area contributed by atoms with Crippen molar-refractivity contribution in [1.29, 1.82) is 0 Å². The van der Waals surface area contributed by atoms with E-state index in [1.54, 1.807) is 30.3 Å². The Kier molecular flexibility index (Phi) is 5.68. The Morgan fingerprint density at radius 3 is 2.52 bits per heavy atom. The second kappa shape index (κ2) is 7.93. The molecule has 0 radical (unpaired) electrons. The third kappa shape index (κ3) is 5.10. The van der Waals surface area contributed by atoms with Crippen LogP contribution in [0.5, 0.6) is 11.5 Å². The van der Waals surface area contributed by atoms with Gasteiger partial charge in [-0.3, -0.25) is 10.1 Å². The first kappa shape index (κ1) is 16.5. The molecule has 0 aromatic heterocycles. The molecule has 2 aromatic carbocycles. The number of nitrogens with zero attached hydrogens (tertiary/aromatic N) is 1. The molecular weight excluding hydrogens is 301 g/mol. The molecule has 0 amide bonds. The van der Waals surface area contributed by atoms with Crippen molar-refractivity contribution in [3.05, 3.63) is 75.7 Å². The molecule has 0 bridgehead atoms. The fourth-order valence-corrected chi connectivity index (χ4v) is 1.90. The third-order valence-electron chi connectivity index (χ3n) is 2.96. The van der Waals surface area contributed by atoms with E-state index in [-0.39, 0.29) is 12.4 Å². The summed E-state index contributed by atoms with van der Waals surface area (Å²) in [5.41, 5.74) is 1.46. The molecule has 0 unspecified atom stereocenters. The monoisotopic (exact) mass is 317 g/mol. The van der Waals surface area contributed by atoms with Gasteiger partial charge in [0.1, 0.15) is 12.4 Å². The summed E-state index contributed by atoms with van der Waals surface area (Å²) in [6.45, 7) is 2.54. The van der Waals surface area contributed by atoms with Gasteiger partial charge in [0.25, 0.3) is 0 Å². The van der Waals surface area contributed by atoms with Crippen LogP contribution in [0.15, 0.2) is 48.7 Å². The van der Waals surface area contributed by atoms with Crippen molar-refractivity contribution in [3.63, 3.8) is 0 Å². The van der Waals surface area contributed by atoms with Crippen molar-refractivity contribution in [1.82, 2.24) is 0 Å².